The number of para-hydroxylation sites is 1. The van der Waals surface area contributed by atoms with E-state index in [0.717, 1.165) is 34.4 Å². The van der Waals surface area contributed by atoms with Gasteiger partial charge in [-0.15, -0.1) is 13.2 Å². The van der Waals surface area contributed by atoms with Crippen LogP contribution in [0.2, 0.25) is 0 Å². The number of rotatable bonds is 6. The number of halogens is 3. The molecule has 1 aliphatic rings. The molecule has 0 unspecified atom stereocenters. The maximum Gasteiger partial charge on any atom is 0.573 e. The largest absolute Gasteiger partial charge is 0.573 e. The van der Waals surface area contributed by atoms with Crippen molar-refractivity contribution in [2.24, 2.45) is 0 Å². The van der Waals surface area contributed by atoms with Gasteiger partial charge in [0.25, 0.3) is 0 Å². The molecule has 0 heterocycles. The zero-order valence-electron chi connectivity index (χ0n) is 17.0. The summed E-state index contributed by atoms with van der Waals surface area (Å²) in [5.74, 6) is -2.55. The van der Waals surface area contributed by atoms with E-state index in [1.54, 1.807) is 0 Å². The third-order valence-electron chi connectivity index (χ3n) is 5.31. The topological polar surface area (TPSA) is 84.9 Å². The van der Waals surface area contributed by atoms with Crippen LogP contribution >= 0.6 is 0 Å². The second kappa shape index (κ2) is 8.85. The first-order valence-corrected chi connectivity index (χ1v) is 9.93. The minimum absolute atomic E-state index is 0.0765. The second-order valence-corrected chi connectivity index (χ2v) is 7.33. The molecule has 0 aliphatic heterocycles. The van der Waals surface area contributed by atoms with E-state index in [1.165, 1.54) is 12.1 Å². The van der Waals surface area contributed by atoms with Crippen molar-refractivity contribution in [1.29, 1.82) is 0 Å². The number of carbonyl (C=O) groups is 2. The van der Waals surface area contributed by atoms with Crippen molar-refractivity contribution >= 4 is 12.1 Å². The van der Waals surface area contributed by atoms with Gasteiger partial charge in [-0.05, 0) is 28.3 Å². The molecule has 9 heteroatoms. The zero-order chi connectivity index (χ0) is 23.6. The third-order valence-corrected chi connectivity index (χ3v) is 5.31. The summed E-state index contributed by atoms with van der Waals surface area (Å²) in [6, 6.07) is 18.2. The van der Waals surface area contributed by atoms with E-state index < -0.39 is 30.2 Å². The van der Waals surface area contributed by atoms with E-state index in [-0.39, 0.29) is 18.1 Å². The average molecular weight is 457 g/mol. The molecular weight excluding hydrogens is 439 g/mol. The Morgan fingerprint density at radius 2 is 1.45 bits per heavy atom. The average Bonchev–Trinajstić information content (AvgIpc) is 3.09. The number of ether oxygens (including phenoxy) is 2. The van der Waals surface area contributed by atoms with Gasteiger partial charge < -0.3 is 19.9 Å². The number of fused-ring (bicyclic) bond motifs is 3. The first-order chi connectivity index (χ1) is 15.7. The highest BCUT2D eigenvalue weighted by atomic mass is 19.4. The second-order valence-electron chi connectivity index (χ2n) is 7.33. The quantitative estimate of drug-likeness (QED) is 0.528. The summed E-state index contributed by atoms with van der Waals surface area (Å²) in [6.07, 6.45) is -6.10. The van der Waals surface area contributed by atoms with E-state index in [9.17, 15) is 27.9 Å². The van der Waals surface area contributed by atoms with Crippen LogP contribution < -0.4 is 10.1 Å². The molecule has 0 radical (unpaired) electrons. The van der Waals surface area contributed by atoms with Crippen molar-refractivity contribution in [3.8, 4) is 16.9 Å². The Hall–Kier alpha value is -4.01. The highest BCUT2D eigenvalue weighted by molar-refractivity contribution is 5.82. The van der Waals surface area contributed by atoms with Gasteiger partial charge in [0.1, 0.15) is 12.4 Å². The van der Waals surface area contributed by atoms with Crippen molar-refractivity contribution in [1.82, 2.24) is 5.32 Å². The molecule has 0 fully saturated rings. The summed E-state index contributed by atoms with van der Waals surface area (Å²) in [4.78, 5) is 24.2. The highest BCUT2D eigenvalue weighted by Gasteiger charge is 2.35. The normalized spacial score (nSPS) is 13.5. The maximum atomic E-state index is 12.7. The highest BCUT2D eigenvalue weighted by Crippen LogP contribution is 2.44. The number of aliphatic carboxylic acids is 1. The van der Waals surface area contributed by atoms with Crippen LogP contribution in [0.4, 0.5) is 18.0 Å². The van der Waals surface area contributed by atoms with Crippen molar-refractivity contribution in [3.63, 3.8) is 0 Å². The number of carbonyl (C=O) groups excluding carboxylic acids is 1. The molecule has 3 aromatic rings. The lowest BCUT2D eigenvalue weighted by Gasteiger charge is -2.20. The fourth-order valence-corrected chi connectivity index (χ4v) is 3.97. The number of carboxylic acid groups (broad SMARTS) is 1. The smallest absolute Gasteiger partial charge is 0.479 e. The lowest BCUT2D eigenvalue weighted by Crippen LogP contribution is -2.35. The zero-order valence-corrected chi connectivity index (χ0v) is 17.0. The molecule has 1 atom stereocenters. The molecule has 4 rings (SSSR count). The van der Waals surface area contributed by atoms with Crippen LogP contribution in [0.3, 0.4) is 0 Å². The van der Waals surface area contributed by atoms with Crippen LogP contribution in [-0.4, -0.2) is 30.1 Å². The van der Waals surface area contributed by atoms with Gasteiger partial charge in [-0.1, -0.05) is 66.7 Å². The lowest BCUT2D eigenvalue weighted by molar-refractivity contribution is -0.275. The first kappa shape index (κ1) is 22.2. The van der Waals surface area contributed by atoms with Crippen LogP contribution in [0.25, 0.3) is 11.1 Å². The molecule has 6 nitrogen and oxygen atoms in total. The van der Waals surface area contributed by atoms with Gasteiger partial charge >= 0.3 is 18.4 Å². The summed E-state index contributed by atoms with van der Waals surface area (Å²) in [5.41, 5.74) is 3.60. The molecule has 0 bridgehead atoms. The number of amides is 1. The summed E-state index contributed by atoms with van der Waals surface area (Å²) in [5, 5.41) is 11.7. The van der Waals surface area contributed by atoms with Crippen LogP contribution in [-0.2, 0) is 9.53 Å². The summed E-state index contributed by atoms with van der Waals surface area (Å²) in [6.45, 7) is -0.0765. The van der Waals surface area contributed by atoms with Crippen LogP contribution in [0.1, 0.15) is 28.7 Å². The number of hydrogen-bond acceptors (Lipinski definition) is 4. The Balaban J connectivity index is 1.50. The van der Waals surface area contributed by atoms with Crippen molar-refractivity contribution in [2.45, 2.75) is 18.3 Å². The molecule has 1 amide bonds. The minimum Gasteiger partial charge on any atom is -0.479 e. The molecule has 1 aliphatic carbocycles. The molecule has 170 valence electrons. The number of alkyl halides is 3. The van der Waals surface area contributed by atoms with Crippen molar-refractivity contribution < 1.29 is 37.3 Å². The Morgan fingerprint density at radius 3 is 2.03 bits per heavy atom. The predicted molar refractivity (Wildman–Crippen MR) is 112 cm³/mol. The van der Waals surface area contributed by atoms with Gasteiger partial charge in [0.15, 0.2) is 6.04 Å². The summed E-state index contributed by atoms with van der Waals surface area (Å²) >= 11 is 0. The number of benzene rings is 3. The number of hydrogen-bond donors (Lipinski definition) is 2. The number of carboxylic acids is 1. The van der Waals surface area contributed by atoms with Crippen LogP contribution in [0, 0.1) is 0 Å². The number of nitrogens with one attached hydrogen (secondary N) is 1. The first-order valence-electron chi connectivity index (χ1n) is 9.93. The molecule has 33 heavy (non-hydrogen) atoms. The monoisotopic (exact) mass is 457 g/mol. The van der Waals surface area contributed by atoms with Gasteiger partial charge in [-0.25, -0.2) is 9.59 Å². The fraction of sp³-hybridized carbons (Fsp3) is 0.167. The van der Waals surface area contributed by atoms with E-state index in [1.807, 2.05) is 48.5 Å². The van der Waals surface area contributed by atoms with E-state index in [0.29, 0.717) is 0 Å². The fourth-order valence-electron chi connectivity index (χ4n) is 3.97. The van der Waals surface area contributed by atoms with E-state index in [4.69, 9.17) is 4.74 Å². The van der Waals surface area contributed by atoms with Crippen LogP contribution in [0.5, 0.6) is 5.75 Å². The maximum absolute atomic E-state index is 12.7. The Morgan fingerprint density at radius 1 is 0.909 bits per heavy atom. The lowest BCUT2D eigenvalue weighted by atomic mass is 9.98. The van der Waals surface area contributed by atoms with Gasteiger partial charge in [0.2, 0.25) is 0 Å². The number of alkyl carbamates (subject to hydrolysis) is 1. The summed E-state index contributed by atoms with van der Waals surface area (Å²) in [7, 11) is 0. The summed E-state index contributed by atoms with van der Waals surface area (Å²) < 4.78 is 47.3. The van der Waals surface area contributed by atoms with Gasteiger partial charge in [0, 0.05) is 11.5 Å². The van der Waals surface area contributed by atoms with Gasteiger partial charge in [-0.3, -0.25) is 0 Å². The molecular formula is C24H18F3NO5. The Bertz CT molecular complexity index is 1150. The van der Waals surface area contributed by atoms with Crippen LogP contribution in [0.15, 0.2) is 72.8 Å². The predicted octanol–water partition coefficient (Wildman–Crippen LogP) is 5.25. The minimum atomic E-state index is -5.02. The van der Waals surface area contributed by atoms with Gasteiger partial charge in [-0.2, -0.15) is 0 Å². The molecule has 0 saturated carbocycles. The van der Waals surface area contributed by atoms with E-state index >= 15 is 0 Å². The van der Waals surface area contributed by atoms with Gasteiger partial charge in [0.05, 0.1) is 0 Å². The Labute approximate surface area is 186 Å². The van der Waals surface area contributed by atoms with Crippen molar-refractivity contribution in [2.75, 3.05) is 6.61 Å². The third kappa shape index (κ3) is 4.77. The molecule has 0 spiro atoms. The molecule has 0 saturated heterocycles. The van der Waals surface area contributed by atoms with Crippen molar-refractivity contribution in [3.05, 3.63) is 89.5 Å². The molecule has 2 N–H and O–H groups in total. The Kier molecular flexibility index (Phi) is 5.95. The standard InChI is InChI=1S/C24H18F3NO5/c25-24(26,27)33-20-12-6-5-11-18(20)21(22(29)30)28-23(31)32-13-19-16-9-3-1-7-14(16)15-8-2-4-10-17(15)19/h1-12,19,21H,13H2,(H,28,31)(H,29,30)/t21-/m1/s1. The van der Waals surface area contributed by atoms with E-state index in [2.05, 4.69) is 10.1 Å². The SMILES string of the molecule is O=C(N[C@@H](C(=O)O)c1ccccc1OC(F)(F)F)OCC1c2ccccc2-c2ccccc21. The molecule has 0 aromatic heterocycles. The molecule has 3 aromatic carbocycles.